The lowest BCUT2D eigenvalue weighted by Gasteiger charge is -2.23. The Morgan fingerprint density at radius 2 is 2.05 bits per heavy atom. The van der Waals surface area contributed by atoms with E-state index in [2.05, 4.69) is 15.6 Å². The van der Waals surface area contributed by atoms with Crippen molar-refractivity contribution in [1.82, 2.24) is 20.3 Å². The Labute approximate surface area is 118 Å². The first-order valence-corrected chi connectivity index (χ1v) is 6.52. The molecule has 0 atom stereocenters. The Hall–Kier alpha value is -2.21. The first-order valence-electron chi connectivity index (χ1n) is 6.52. The minimum absolute atomic E-state index is 0.0910. The van der Waals surface area contributed by atoms with Gasteiger partial charge in [0.25, 0.3) is 0 Å². The second-order valence-corrected chi connectivity index (χ2v) is 5.10. The molecule has 0 bridgehead atoms. The lowest BCUT2D eigenvalue weighted by atomic mass is 10.0. The van der Waals surface area contributed by atoms with Gasteiger partial charge in [-0.2, -0.15) is 0 Å². The fourth-order valence-corrected chi connectivity index (χ4v) is 1.86. The molecule has 0 aliphatic rings. The van der Waals surface area contributed by atoms with E-state index in [1.165, 1.54) is 0 Å². The number of nitrogens with zero attached hydrogens (tertiary/aromatic N) is 3. The third-order valence-corrected chi connectivity index (χ3v) is 2.98. The highest BCUT2D eigenvalue weighted by Gasteiger charge is 2.26. The highest BCUT2D eigenvalue weighted by molar-refractivity contribution is 5.77. The van der Waals surface area contributed by atoms with Crippen molar-refractivity contribution < 1.29 is 4.79 Å². The number of benzene rings is 1. The monoisotopic (exact) mass is 273 g/mol. The van der Waals surface area contributed by atoms with E-state index in [4.69, 9.17) is 5.73 Å². The largest absolute Gasteiger partial charge is 0.345 e. The fourth-order valence-electron chi connectivity index (χ4n) is 1.86. The van der Waals surface area contributed by atoms with Crippen LogP contribution < -0.4 is 11.1 Å². The molecule has 0 saturated carbocycles. The summed E-state index contributed by atoms with van der Waals surface area (Å²) in [6.07, 6.45) is 2.12. The molecular formula is C14H19N5O. The minimum atomic E-state index is -0.584. The van der Waals surface area contributed by atoms with Gasteiger partial charge in [-0.05, 0) is 26.0 Å². The van der Waals surface area contributed by atoms with Crippen LogP contribution in [0.2, 0.25) is 0 Å². The lowest BCUT2D eigenvalue weighted by Crippen LogP contribution is -2.41. The summed E-state index contributed by atoms with van der Waals surface area (Å²) in [6, 6.07) is 9.70. The standard InChI is InChI=1S/C14H19N5O/c1-14(2,16-13(20)8-9-15)12-10-19(18-17-12)11-6-4-3-5-7-11/h3-7,10H,8-9,15H2,1-2H3,(H,16,20). The molecule has 106 valence electrons. The van der Waals surface area contributed by atoms with Gasteiger partial charge in [-0.15, -0.1) is 5.10 Å². The molecule has 0 saturated heterocycles. The van der Waals surface area contributed by atoms with Gasteiger partial charge < -0.3 is 11.1 Å². The minimum Gasteiger partial charge on any atom is -0.345 e. The van der Waals surface area contributed by atoms with Gasteiger partial charge in [0.05, 0.1) is 17.4 Å². The number of carbonyl (C=O) groups excluding carboxylic acids is 1. The van der Waals surface area contributed by atoms with Gasteiger partial charge in [0, 0.05) is 13.0 Å². The van der Waals surface area contributed by atoms with Crippen LogP contribution in [0.5, 0.6) is 0 Å². The van der Waals surface area contributed by atoms with E-state index in [9.17, 15) is 4.79 Å². The summed E-state index contributed by atoms with van der Waals surface area (Å²) >= 11 is 0. The third-order valence-electron chi connectivity index (χ3n) is 2.98. The van der Waals surface area contributed by atoms with Crippen molar-refractivity contribution >= 4 is 5.91 Å². The summed E-state index contributed by atoms with van der Waals surface area (Å²) in [5, 5.41) is 11.1. The summed E-state index contributed by atoms with van der Waals surface area (Å²) in [5.41, 5.74) is 6.42. The number of amides is 1. The van der Waals surface area contributed by atoms with Crippen molar-refractivity contribution in [3.05, 3.63) is 42.2 Å². The van der Waals surface area contributed by atoms with Crippen LogP contribution in [0.25, 0.3) is 5.69 Å². The van der Waals surface area contributed by atoms with E-state index >= 15 is 0 Å². The van der Waals surface area contributed by atoms with Crippen molar-refractivity contribution in [1.29, 1.82) is 0 Å². The highest BCUT2D eigenvalue weighted by atomic mass is 16.1. The van der Waals surface area contributed by atoms with Crippen molar-refractivity contribution in [2.45, 2.75) is 25.8 Å². The number of rotatable bonds is 5. The average Bonchev–Trinajstić information content (AvgIpc) is 2.90. The summed E-state index contributed by atoms with van der Waals surface area (Å²) in [5.74, 6) is -0.0910. The zero-order valence-corrected chi connectivity index (χ0v) is 11.7. The van der Waals surface area contributed by atoms with Crippen LogP contribution in [0.3, 0.4) is 0 Å². The van der Waals surface area contributed by atoms with Crippen LogP contribution in [-0.2, 0) is 10.3 Å². The smallest absolute Gasteiger partial charge is 0.221 e. The molecule has 1 heterocycles. The first kappa shape index (κ1) is 14.2. The Balaban J connectivity index is 2.17. The van der Waals surface area contributed by atoms with Gasteiger partial charge in [-0.1, -0.05) is 23.4 Å². The van der Waals surface area contributed by atoms with Gasteiger partial charge in [0.1, 0.15) is 5.69 Å². The van der Waals surface area contributed by atoms with Crippen molar-refractivity contribution in [3.63, 3.8) is 0 Å². The molecule has 0 aliphatic carbocycles. The predicted octanol–water partition coefficient (Wildman–Crippen LogP) is 0.967. The number of nitrogens with one attached hydrogen (secondary N) is 1. The van der Waals surface area contributed by atoms with E-state index in [-0.39, 0.29) is 5.91 Å². The summed E-state index contributed by atoms with van der Waals surface area (Å²) < 4.78 is 1.69. The number of carbonyl (C=O) groups is 1. The molecule has 1 aromatic carbocycles. The van der Waals surface area contributed by atoms with Gasteiger partial charge in [0.15, 0.2) is 0 Å². The SMILES string of the molecule is CC(C)(NC(=O)CCN)c1cn(-c2ccccc2)nn1. The van der Waals surface area contributed by atoms with E-state index in [0.29, 0.717) is 18.7 Å². The lowest BCUT2D eigenvalue weighted by molar-refractivity contribution is -0.122. The van der Waals surface area contributed by atoms with Crippen molar-refractivity contribution in [2.75, 3.05) is 6.54 Å². The third kappa shape index (κ3) is 3.21. The second kappa shape index (κ2) is 5.83. The van der Waals surface area contributed by atoms with Gasteiger partial charge >= 0.3 is 0 Å². The number of hydrogen-bond donors (Lipinski definition) is 2. The zero-order valence-electron chi connectivity index (χ0n) is 11.7. The van der Waals surface area contributed by atoms with Gasteiger partial charge in [-0.3, -0.25) is 4.79 Å². The van der Waals surface area contributed by atoms with Gasteiger partial charge in [0.2, 0.25) is 5.91 Å². The highest BCUT2D eigenvalue weighted by Crippen LogP contribution is 2.18. The number of nitrogens with two attached hydrogens (primary N) is 1. The molecule has 20 heavy (non-hydrogen) atoms. The topological polar surface area (TPSA) is 85.8 Å². The molecular weight excluding hydrogens is 254 g/mol. The average molecular weight is 273 g/mol. The Morgan fingerprint density at radius 1 is 1.35 bits per heavy atom. The van der Waals surface area contributed by atoms with Crippen molar-refractivity contribution in [2.24, 2.45) is 5.73 Å². The predicted molar refractivity (Wildman–Crippen MR) is 76.2 cm³/mol. The molecule has 6 nitrogen and oxygen atoms in total. The fraction of sp³-hybridized carbons (Fsp3) is 0.357. The first-order chi connectivity index (χ1) is 9.53. The molecule has 1 amide bonds. The Morgan fingerprint density at radius 3 is 2.70 bits per heavy atom. The van der Waals surface area contributed by atoms with Crippen LogP contribution in [0, 0.1) is 0 Å². The summed E-state index contributed by atoms with van der Waals surface area (Å²) in [6.45, 7) is 4.11. The van der Waals surface area contributed by atoms with Crippen LogP contribution in [0.15, 0.2) is 36.5 Å². The van der Waals surface area contributed by atoms with E-state index in [1.54, 1.807) is 4.68 Å². The maximum atomic E-state index is 11.7. The van der Waals surface area contributed by atoms with E-state index in [0.717, 1.165) is 5.69 Å². The molecule has 2 aromatic rings. The molecule has 0 unspecified atom stereocenters. The molecule has 6 heteroatoms. The maximum absolute atomic E-state index is 11.7. The van der Waals surface area contributed by atoms with E-state index < -0.39 is 5.54 Å². The van der Waals surface area contributed by atoms with Crippen LogP contribution >= 0.6 is 0 Å². The Kier molecular flexibility index (Phi) is 4.14. The molecule has 2 rings (SSSR count). The molecule has 0 radical (unpaired) electrons. The number of para-hydroxylation sites is 1. The molecule has 1 aromatic heterocycles. The van der Waals surface area contributed by atoms with Crippen LogP contribution in [0.1, 0.15) is 26.0 Å². The summed E-state index contributed by atoms with van der Waals surface area (Å²) in [7, 11) is 0. The molecule has 0 fully saturated rings. The molecule has 0 aliphatic heterocycles. The zero-order chi connectivity index (χ0) is 14.6. The number of hydrogen-bond acceptors (Lipinski definition) is 4. The quantitative estimate of drug-likeness (QED) is 0.850. The summed E-state index contributed by atoms with van der Waals surface area (Å²) in [4.78, 5) is 11.7. The molecule has 3 N–H and O–H groups in total. The van der Waals surface area contributed by atoms with Crippen LogP contribution in [0.4, 0.5) is 0 Å². The van der Waals surface area contributed by atoms with Crippen LogP contribution in [-0.4, -0.2) is 27.4 Å². The Bertz CT molecular complexity index is 576. The normalized spacial score (nSPS) is 11.3. The molecule has 0 spiro atoms. The second-order valence-electron chi connectivity index (χ2n) is 5.10. The van der Waals surface area contributed by atoms with Gasteiger partial charge in [-0.25, -0.2) is 4.68 Å². The maximum Gasteiger partial charge on any atom is 0.221 e. The number of aromatic nitrogens is 3. The van der Waals surface area contributed by atoms with E-state index in [1.807, 2.05) is 50.4 Å². The van der Waals surface area contributed by atoms with Crippen molar-refractivity contribution in [3.8, 4) is 5.69 Å².